The summed E-state index contributed by atoms with van der Waals surface area (Å²) < 4.78 is 7.88. The van der Waals surface area contributed by atoms with Gasteiger partial charge in [0.1, 0.15) is 0 Å². The second-order valence-electron chi connectivity index (χ2n) is 6.31. The normalized spacial score (nSPS) is 21.7. The van der Waals surface area contributed by atoms with Gasteiger partial charge < -0.3 is 14.2 Å². The molecule has 1 fully saturated rings. The summed E-state index contributed by atoms with van der Waals surface area (Å²) in [6.45, 7) is 8.32. The summed E-state index contributed by atoms with van der Waals surface area (Å²) in [5.74, 6) is 0.563. The van der Waals surface area contributed by atoms with Gasteiger partial charge in [-0.25, -0.2) is 4.98 Å². The highest BCUT2D eigenvalue weighted by Gasteiger charge is 2.40. The average molecular weight is 291 g/mol. The molecule has 0 radical (unpaired) electrons. The van der Waals surface area contributed by atoms with Gasteiger partial charge in [0.25, 0.3) is 0 Å². The van der Waals surface area contributed by atoms with Crippen LogP contribution in [-0.2, 0) is 16.0 Å². The maximum absolute atomic E-state index is 12.6. The van der Waals surface area contributed by atoms with Crippen LogP contribution < -0.4 is 0 Å². The van der Waals surface area contributed by atoms with Gasteiger partial charge in [0.2, 0.25) is 5.91 Å². The average Bonchev–Trinajstić information content (AvgIpc) is 3.22. The number of fused-ring (bicyclic) bond motifs is 1. The predicted octanol–water partition coefficient (Wildman–Crippen LogP) is 2.34. The van der Waals surface area contributed by atoms with Gasteiger partial charge >= 0.3 is 0 Å². The lowest BCUT2D eigenvalue weighted by atomic mass is 10.0. The number of hydrogen-bond donors (Lipinski definition) is 0. The molecule has 1 aliphatic heterocycles. The zero-order valence-electron chi connectivity index (χ0n) is 13.2. The van der Waals surface area contributed by atoms with Gasteiger partial charge in [-0.3, -0.25) is 4.79 Å². The maximum atomic E-state index is 12.6. The van der Waals surface area contributed by atoms with Crippen LogP contribution in [-0.4, -0.2) is 40.1 Å². The molecule has 1 saturated carbocycles. The van der Waals surface area contributed by atoms with Crippen molar-refractivity contribution < 1.29 is 9.53 Å². The molecular formula is C16H25N3O2. The first-order valence-corrected chi connectivity index (χ1v) is 8.07. The molecule has 0 bridgehead atoms. The summed E-state index contributed by atoms with van der Waals surface area (Å²) in [6.07, 6.45) is 4.87. The summed E-state index contributed by atoms with van der Waals surface area (Å²) in [5, 5.41) is 0. The highest BCUT2D eigenvalue weighted by Crippen LogP contribution is 2.37. The predicted molar refractivity (Wildman–Crippen MR) is 80.0 cm³/mol. The Morgan fingerprint density at radius 3 is 2.86 bits per heavy atom. The van der Waals surface area contributed by atoms with Gasteiger partial charge in [0.05, 0.1) is 30.4 Å². The van der Waals surface area contributed by atoms with E-state index in [2.05, 4.69) is 23.4 Å². The first-order chi connectivity index (χ1) is 10.1. The standard InChI is InChI=1S/C16H25N3O2/c1-4-21-9-14-15-13(17-10-19(15)11(2)3)7-8-18(14)16(20)12-5-6-12/h10-12,14H,4-9H2,1-3H3/t14-/m1/s1. The summed E-state index contributed by atoms with van der Waals surface area (Å²) >= 11 is 0. The van der Waals surface area contributed by atoms with E-state index in [-0.39, 0.29) is 12.0 Å². The van der Waals surface area contributed by atoms with Gasteiger partial charge in [0.15, 0.2) is 0 Å². The Balaban J connectivity index is 1.92. The van der Waals surface area contributed by atoms with E-state index in [1.807, 2.05) is 18.2 Å². The van der Waals surface area contributed by atoms with Crippen LogP contribution in [0.4, 0.5) is 0 Å². The quantitative estimate of drug-likeness (QED) is 0.836. The molecule has 1 amide bonds. The van der Waals surface area contributed by atoms with Crippen molar-refractivity contribution in [2.24, 2.45) is 5.92 Å². The monoisotopic (exact) mass is 291 g/mol. The van der Waals surface area contributed by atoms with Crippen molar-refractivity contribution >= 4 is 5.91 Å². The van der Waals surface area contributed by atoms with Crippen LogP contribution in [0.5, 0.6) is 0 Å². The summed E-state index contributed by atoms with van der Waals surface area (Å²) in [6, 6.07) is 0.369. The number of aromatic nitrogens is 2. The largest absolute Gasteiger partial charge is 0.379 e. The highest BCUT2D eigenvalue weighted by atomic mass is 16.5. The van der Waals surface area contributed by atoms with E-state index in [0.29, 0.717) is 25.2 Å². The minimum atomic E-state index is 0.0201. The molecule has 5 nitrogen and oxygen atoms in total. The fourth-order valence-electron chi connectivity index (χ4n) is 3.13. The van der Waals surface area contributed by atoms with Crippen LogP contribution in [0.2, 0.25) is 0 Å². The van der Waals surface area contributed by atoms with E-state index in [0.717, 1.165) is 31.5 Å². The Kier molecular flexibility index (Phi) is 4.02. The zero-order valence-corrected chi connectivity index (χ0v) is 13.2. The Morgan fingerprint density at radius 1 is 1.48 bits per heavy atom. The molecule has 0 aromatic carbocycles. The molecule has 3 rings (SSSR count). The van der Waals surface area contributed by atoms with E-state index < -0.39 is 0 Å². The van der Waals surface area contributed by atoms with Gasteiger partial charge in [0, 0.05) is 31.5 Å². The van der Waals surface area contributed by atoms with E-state index in [4.69, 9.17) is 4.74 Å². The summed E-state index contributed by atoms with van der Waals surface area (Å²) in [4.78, 5) is 19.2. The Labute approximate surface area is 126 Å². The first-order valence-electron chi connectivity index (χ1n) is 8.07. The molecule has 0 spiro atoms. The Hall–Kier alpha value is -1.36. The lowest BCUT2D eigenvalue weighted by Crippen LogP contribution is -2.43. The van der Waals surface area contributed by atoms with Crippen molar-refractivity contribution in [3.05, 3.63) is 17.7 Å². The van der Waals surface area contributed by atoms with Gasteiger partial charge in [-0.1, -0.05) is 0 Å². The summed E-state index contributed by atoms with van der Waals surface area (Å²) in [5.41, 5.74) is 2.31. The van der Waals surface area contributed by atoms with Crippen LogP contribution in [0.25, 0.3) is 0 Å². The maximum Gasteiger partial charge on any atom is 0.226 e. The van der Waals surface area contributed by atoms with Crippen molar-refractivity contribution in [1.82, 2.24) is 14.5 Å². The molecule has 21 heavy (non-hydrogen) atoms. The SMILES string of the molecule is CCOC[C@@H]1c2c(ncn2C(C)C)CCN1C(=O)C1CC1. The fourth-order valence-corrected chi connectivity index (χ4v) is 3.13. The molecule has 5 heteroatoms. The van der Waals surface area contributed by atoms with Crippen LogP contribution in [0.3, 0.4) is 0 Å². The third-order valence-electron chi connectivity index (χ3n) is 4.44. The van der Waals surface area contributed by atoms with E-state index in [1.54, 1.807) is 0 Å². The van der Waals surface area contributed by atoms with Gasteiger partial charge in [-0.2, -0.15) is 0 Å². The highest BCUT2D eigenvalue weighted by molar-refractivity contribution is 5.81. The molecular weight excluding hydrogens is 266 g/mol. The molecule has 0 N–H and O–H groups in total. The molecule has 2 aliphatic rings. The first kappa shape index (κ1) is 14.6. The van der Waals surface area contributed by atoms with Crippen LogP contribution in [0.1, 0.15) is 57.1 Å². The minimum Gasteiger partial charge on any atom is -0.379 e. The summed E-state index contributed by atoms with van der Waals surface area (Å²) in [7, 11) is 0. The van der Waals surface area contributed by atoms with Crippen molar-refractivity contribution in [2.45, 2.75) is 52.1 Å². The van der Waals surface area contributed by atoms with E-state index in [1.165, 1.54) is 5.69 Å². The minimum absolute atomic E-state index is 0.0201. The molecule has 1 atom stereocenters. The smallest absolute Gasteiger partial charge is 0.226 e. The molecule has 1 aromatic heterocycles. The lowest BCUT2D eigenvalue weighted by Gasteiger charge is -2.37. The van der Waals surface area contributed by atoms with Crippen LogP contribution >= 0.6 is 0 Å². The molecule has 1 aliphatic carbocycles. The number of amides is 1. The zero-order chi connectivity index (χ0) is 15.0. The number of rotatable bonds is 5. The Bertz CT molecular complexity index is 520. The van der Waals surface area contributed by atoms with E-state index in [9.17, 15) is 4.79 Å². The van der Waals surface area contributed by atoms with Crippen molar-refractivity contribution in [1.29, 1.82) is 0 Å². The number of imidazole rings is 1. The number of carbonyl (C=O) groups excluding carboxylic acids is 1. The van der Waals surface area contributed by atoms with Gasteiger partial charge in [-0.05, 0) is 33.6 Å². The number of ether oxygens (including phenoxy) is 1. The van der Waals surface area contributed by atoms with Crippen molar-refractivity contribution in [3.8, 4) is 0 Å². The van der Waals surface area contributed by atoms with Crippen LogP contribution in [0.15, 0.2) is 6.33 Å². The number of nitrogens with zero attached hydrogens (tertiary/aromatic N) is 3. The third-order valence-corrected chi connectivity index (χ3v) is 4.44. The molecule has 1 aromatic rings. The van der Waals surface area contributed by atoms with Gasteiger partial charge in [-0.15, -0.1) is 0 Å². The molecule has 2 heterocycles. The second kappa shape index (κ2) is 5.79. The van der Waals surface area contributed by atoms with E-state index >= 15 is 0 Å². The second-order valence-corrected chi connectivity index (χ2v) is 6.31. The fraction of sp³-hybridized carbons (Fsp3) is 0.750. The number of carbonyl (C=O) groups is 1. The Morgan fingerprint density at radius 2 is 2.24 bits per heavy atom. The molecule has 116 valence electrons. The van der Waals surface area contributed by atoms with Crippen molar-refractivity contribution in [3.63, 3.8) is 0 Å². The van der Waals surface area contributed by atoms with Crippen LogP contribution in [0, 0.1) is 5.92 Å². The third kappa shape index (κ3) is 2.71. The number of hydrogen-bond acceptors (Lipinski definition) is 3. The van der Waals surface area contributed by atoms with Crippen molar-refractivity contribution in [2.75, 3.05) is 19.8 Å². The lowest BCUT2D eigenvalue weighted by molar-refractivity contribution is -0.137. The molecule has 0 saturated heterocycles. The topological polar surface area (TPSA) is 47.4 Å². The molecule has 0 unspecified atom stereocenters.